The van der Waals surface area contributed by atoms with E-state index in [0.29, 0.717) is 5.92 Å². The fourth-order valence-corrected chi connectivity index (χ4v) is 1.57. The van der Waals surface area contributed by atoms with E-state index >= 15 is 0 Å². The molecule has 0 aliphatic rings. The van der Waals surface area contributed by atoms with Crippen LogP contribution in [0.15, 0.2) is 0 Å². The number of rotatable bonds is 7. The zero-order valence-electron chi connectivity index (χ0n) is 8.99. The molecule has 1 N–H and O–H groups in total. The van der Waals surface area contributed by atoms with Crippen molar-refractivity contribution < 1.29 is 9.90 Å². The second-order valence-electron chi connectivity index (χ2n) is 4.23. The highest BCUT2D eigenvalue weighted by Gasteiger charge is 2.07. The second-order valence-corrected chi connectivity index (χ2v) is 4.23. The summed E-state index contributed by atoms with van der Waals surface area (Å²) in [6.07, 6.45) is 4.86. The van der Waals surface area contributed by atoms with Crippen LogP contribution >= 0.6 is 0 Å². The molecule has 0 aromatic heterocycles. The summed E-state index contributed by atoms with van der Waals surface area (Å²) in [6.45, 7) is 5.94. The summed E-state index contributed by atoms with van der Waals surface area (Å²) < 4.78 is 0. The summed E-state index contributed by atoms with van der Waals surface area (Å²) in [7, 11) is 0. The highest BCUT2D eigenvalue weighted by atomic mass is 16.3. The predicted octanol–water partition coefficient (Wildman–Crippen LogP) is 2.40. The van der Waals surface area contributed by atoms with Gasteiger partial charge in [-0.2, -0.15) is 0 Å². The lowest BCUT2D eigenvalue weighted by Crippen LogP contribution is -2.06. The van der Waals surface area contributed by atoms with Gasteiger partial charge in [-0.25, -0.2) is 0 Å². The smallest absolute Gasteiger partial charge is 0.122 e. The van der Waals surface area contributed by atoms with Gasteiger partial charge in [-0.05, 0) is 25.7 Å². The SMILES string of the molecule is CC(O)CCCC(C)CC(C)C=O. The molecule has 0 spiro atoms. The van der Waals surface area contributed by atoms with Crippen molar-refractivity contribution in [1.29, 1.82) is 0 Å². The molecule has 0 aliphatic carbocycles. The zero-order chi connectivity index (χ0) is 10.3. The van der Waals surface area contributed by atoms with Gasteiger partial charge in [0.25, 0.3) is 0 Å². The molecule has 0 aliphatic heterocycles. The predicted molar refractivity (Wildman–Crippen MR) is 54.5 cm³/mol. The molecule has 3 unspecified atom stereocenters. The van der Waals surface area contributed by atoms with Crippen LogP contribution in [0.4, 0.5) is 0 Å². The van der Waals surface area contributed by atoms with Gasteiger partial charge in [0.2, 0.25) is 0 Å². The molecule has 0 saturated carbocycles. The molecule has 0 saturated heterocycles. The van der Waals surface area contributed by atoms with Gasteiger partial charge in [-0.3, -0.25) is 0 Å². The fourth-order valence-electron chi connectivity index (χ4n) is 1.57. The van der Waals surface area contributed by atoms with Crippen molar-refractivity contribution in [2.24, 2.45) is 11.8 Å². The maximum Gasteiger partial charge on any atom is 0.122 e. The van der Waals surface area contributed by atoms with Crippen molar-refractivity contribution in [3.05, 3.63) is 0 Å². The molecule has 0 rings (SSSR count). The Kier molecular flexibility index (Phi) is 6.87. The summed E-state index contributed by atoms with van der Waals surface area (Å²) in [6, 6.07) is 0. The Bertz CT molecular complexity index is 132. The molecule has 2 heteroatoms. The number of aliphatic hydroxyl groups excluding tert-OH is 1. The number of aldehydes is 1. The van der Waals surface area contributed by atoms with Gasteiger partial charge >= 0.3 is 0 Å². The lowest BCUT2D eigenvalue weighted by Gasteiger charge is -2.13. The van der Waals surface area contributed by atoms with Gasteiger partial charge in [0.05, 0.1) is 6.10 Å². The van der Waals surface area contributed by atoms with E-state index in [1.807, 2.05) is 13.8 Å². The standard InChI is InChI=1S/C11H22O2/c1-9(7-10(2)8-12)5-4-6-11(3)13/h8-11,13H,4-7H2,1-3H3. The van der Waals surface area contributed by atoms with Crippen molar-refractivity contribution in [2.75, 3.05) is 0 Å². The molecular weight excluding hydrogens is 164 g/mol. The molecule has 0 radical (unpaired) electrons. The minimum absolute atomic E-state index is 0.182. The van der Waals surface area contributed by atoms with Gasteiger partial charge in [-0.15, -0.1) is 0 Å². The summed E-state index contributed by atoms with van der Waals surface area (Å²) >= 11 is 0. The summed E-state index contributed by atoms with van der Waals surface area (Å²) in [4.78, 5) is 10.4. The van der Waals surface area contributed by atoms with Crippen LogP contribution in [0.3, 0.4) is 0 Å². The topological polar surface area (TPSA) is 37.3 Å². The van der Waals surface area contributed by atoms with Crippen molar-refractivity contribution in [3.8, 4) is 0 Å². The lowest BCUT2D eigenvalue weighted by molar-refractivity contribution is -0.111. The molecule has 13 heavy (non-hydrogen) atoms. The van der Waals surface area contributed by atoms with E-state index in [9.17, 15) is 4.79 Å². The minimum atomic E-state index is -0.185. The van der Waals surface area contributed by atoms with Crippen LogP contribution in [-0.4, -0.2) is 17.5 Å². The van der Waals surface area contributed by atoms with Gasteiger partial charge in [0.15, 0.2) is 0 Å². The minimum Gasteiger partial charge on any atom is -0.393 e. The fraction of sp³-hybridized carbons (Fsp3) is 0.909. The van der Waals surface area contributed by atoms with Gasteiger partial charge < -0.3 is 9.90 Å². The molecule has 0 heterocycles. The third-order valence-electron chi connectivity index (χ3n) is 2.33. The second kappa shape index (κ2) is 7.07. The number of hydrogen-bond acceptors (Lipinski definition) is 2. The molecule has 0 bridgehead atoms. The Labute approximate surface area is 81.3 Å². The van der Waals surface area contributed by atoms with Crippen molar-refractivity contribution in [3.63, 3.8) is 0 Å². The van der Waals surface area contributed by atoms with Crippen LogP contribution in [0.2, 0.25) is 0 Å². The molecule has 2 nitrogen and oxygen atoms in total. The Morgan fingerprint density at radius 1 is 1.23 bits per heavy atom. The van der Waals surface area contributed by atoms with Crippen molar-refractivity contribution in [2.45, 2.75) is 52.6 Å². The van der Waals surface area contributed by atoms with Crippen LogP contribution in [0, 0.1) is 11.8 Å². The van der Waals surface area contributed by atoms with Crippen LogP contribution < -0.4 is 0 Å². The Morgan fingerprint density at radius 3 is 2.31 bits per heavy atom. The summed E-state index contributed by atoms with van der Waals surface area (Å²) in [5, 5.41) is 9.04. The van der Waals surface area contributed by atoms with E-state index in [1.54, 1.807) is 0 Å². The first-order valence-corrected chi connectivity index (χ1v) is 5.19. The number of carbonyl (C=O) groups excluding carboxylic acids is 1. The monoisotopic (exact) mass is 186 g/mol. The maximum absolute atomic E-state index is 10.4. The summed E-state index contributed by atoms with van der Waals surface area (Å²) in [5.41, 5.74) is 0. The van der Waals surface area contributed by atoms with E-state index in [1.165, 1.54) is 0 Å². The third-order valence-corrected chi connectivity index (χ3v) is 2.33. The Morgan fingerprint density at radius 2 is 1.85 bits per heavy atom. The van der Waals surface area contributed by atoms with E-state index < -0.39 is 0 Å². The Balaban J connectivity index is 3.39. The molecule has 0 fully saturated rings. The maximum atomic E-state index is 10.4. The van der Waals surface area contributed by atoms with E-state index in [-0.39, 0.29) is 12.0 Å². The van der Waals surface area contributed by atoms with Crippen LogP contribution in [-0.2, 0) is 4.79 Å². The first-order valence-electron chi connectivity index (χ1n) is 5.19. The average molecular weight is 186 g/mol. The van der Waals surface area contributed by atoms with Crippen molar-refractivity contribution >= 4 is 6.29 Å². The van der Waals surface area contributed by atoms with E-state index in [4.69, 9.17) is 5.11 Å². The van der Waals surface area contributed by atoms with Crippen LogP contribution in [0.5, 0.6) is 0 Å². The Hall–Kier alpha value is -0.370. The van der Waals surface area contributed by atoms with Gasteiger partial charge in [0.1, 0.15) is 6.29 Å². The highest BCUT2D eigenvalue weighted by molar-refractivity contribution is 5.52. The zero-order valence-corrected chi connectivity index (χ0v) is 8.99. The number of hydrogen-bond donors (Lipinski definition) is 1. The first kappa shape index (κ1) is 12.6. The number of aliphatic hydroxyl groups is 1. The normalized spacial score (nSPS) is 17.8. The van der Waals surface area contributed by atoms with Crippen molar-refractivity contribution in [1.82, 2.24) is 0 Å². The molecule has 0 aromatic carbocycles. The largest absolute Gasteiger partial charge is 0.393 e. The lowest BCUT2D eigenvalue weighted by atomic mass is 9.93. The first-order chi connectivity index (χ1) is 6.06. The molecule has 0 amide bonds. The summed E-state index contributed by atoms with van der Waals surface area (Å²) in [5.74, 6) is 0.778. The quantitative estimate of drug-likeness (QED) is 0.620. The van der Waals surface area contributed by atoms with Gasteiger partial charge in [-0.1, -0.05) is 26.7 Å². The molecule has 3 atom stereocenters. The van der Waals surface area contributed by atoms with Gasteiger partial charge in [0, 0.05) is 5.92 Å². The molecule has 0 aromatic rings. The third kappa shape index (κ3) is 7.97. The molecular formula is C11H22O2. The van der Waals surface area contributed by atoms with E-state index in [2.05, 4.69) is 6.92 Å². The highest BCUT2D eigenvalue weighted by Crippen LogP contribution is 2.16. The van der Waals surface area contributed by atoms with Crippen LogP contribution in [0.25, 0.3) is 0 Å². The number of carbonyl (C=O) groups is 1. The average Bonchev–Trinajstić information content (AvgIpc) is 2.03. The van der Waals surface area contributed by atoms with Crippen LogP contribution in [0.1, 0.15) is 46.5 Å². The van der Waals surface area contributed by atoms with E-state index in [0.717, 1.165) is 32.0 Å². The molecule has 78 valence electrons.